The van der Waals surface area contributed by atoms with E-state index in [4.69, 9.17) is 9.47 Å². The molecule has 0 radical (unpaired) electrons. The second-order valence-corrected chi connectivity index (χ2v) is 10.1. The lowest BCUT2D eigenvalue weighted by Crippen LogP contribution is -2.56. The normalized spacial score (nSPS) is 36.6. The zero-order valence-electron chi connectivity index (χ0n) is 16.6. The Morgan fingerprint density at radius 2 is 1.12 bits per heavy atom. The van der Waals surface area contributed by atoms with Gasteiger partial charge in [-0.15, -0.1) is 0 Å². The minimum atomic E-state index is -0.479. The summed E-state index contributed by atoms with van der Waals surface area (Å²) in [5, 5.41) is 0. The average molecular weight is 354 g/mol. The first kappa shape index (κ1) is 20.2. The van der Waals surface area contributed by atoms with Gasteiger partial charge in [0, 0.05) is 0 Å². The Morgan fingerprint density at radius 3 is 1.48 bits per heavy atom. The molecule has 5 nitrogen and oxygen atoms in total. The fourth-order valence-corrected chi connectivity index (χ4v) is 5.39. The molecule has 0 amide bonds. The van der Waals surface area contributed by atoms with Crippen LogP contribution in [0.1, 0.15) is 67.2 Å². The Balaban J connectivity index is 0.00000225. The van der Waals surface area contributed by atoms with E-state index in [9.17, 15) is 9.59 Å². The van der Waals surface area contributed by atoms with Crippen LogP contribution in [0, 0.1) is 35.5 Å². The number of carbonyl (C=O) groups is 2. The molecule has 4 unspecified atom stereocenters. The van der Waals surface area contributed by atoms with Gasteiger partial charge in [0.25, 0.3) is 0 Å². The summed E-state index contributed by atoms with van der Waals surface area (Å²) < 4.78 is 11.4. The molecule has 4 saturated carbocycles. The van der Waals surface area contributed by atoms with Gasteiger partial charge in [-0.3, -0.25) is 9.59 Å². The third-order valence-electron chi connectivity index (χ3n) is 5.78. The molecule has 0 aromatic heterocycles. The number of hydrogen-bond acceptors (Lipinski definition) is 5. The Morgan fingerprint density at radius 1 is 0.720 bits per heavy atom. The van der Waals surface area contributed by atoms with Gasteiger partial charge in [-0.25, -0.2) is 0 Å². The summed E-state index contributed by atoms with van der Waals surface area (Å²) in [5.41, 5.74) is -0.958. The van der Waals surface area contributed by atoms with Gasteiger partial charge in [0.05, 0.1) is 11.8 Å². The lowest BCUT2D eigenvalue weighted by molar-refractivity contribution is -0.191. The van der Waals surface area contributed by atoms with Gasteiger partial charge in [0.15, 0.2) is 0 Å². The lowest BCUT2D eigenvalue weighted by Gasteiger charge is -2.56. The molecule has 0 aliphatic heterocycles. The van der Waals surface area contributed by atoms with E-state index in [2.05, 4.69) is 0 Å². The molecule has 0 aromatic rings. The molecule has 0 heterocycles. The number of carbonyl (C=O) groups excluding carboxylic acids is 2. The first-order chi connectivity index (χ1) is 10.9. The zero-order chi connectivity index (χ0) is 17.9. The minimum Gasteiger partial charge on any atom is -0.460 e. The van der Waals surface area contributed by atoms with E-state index < -0.39 is 11.2 Å². The van der Waals surface area contributed by atoms with E-state index in [-0.39, 0.29) is 35.8 Å². The average Bonchev–Trinajstić information content (AvgIpc) is 2.32. The van der Waals surface area contributed by atoms with E-state index in [0.29, 0.717) is 17.8 Å². The van der Waals surface area contributed by atoms with Gasteiger partial charge < -0.3 is 15.6 Å². The predicted molar refractivity (Wildman–Crippen MR) is 96.1 cm³/mol. The number of esters is 2. The van der Waals surface area contributed by atoms with Crippen molar-refractivity contribution >= 4 is 11.9 Å². The zero-order valence-corrected chi connectivity index (χ0v) is 16.6. The molecule has 4 fully saturated rings. The topological polar surface area (TPSA) is 87.6 Å². The molecule has 0 aromatic carbocycles. The van der Waals surface area contributed by atoms with Crippen molar-refractivity contribution in [1.82, 2.24) is 6.15 Å². The molecule has 4 bridgehead atoms. The summed E-state index contributed by atoms with van der Waals surface area (Å²) in [5.74, 6) is 1.09. The second kappa shape index (κ2) is 6.57. The Labute approximate surface area is 151 Å². The van der Waals surface area contributed by atoms with Gasteiger partial charge in [-0.2, -0.15) is 0 Å². The van der Waals surface area contributed by atoms with E-state index >= 15 is 0 Å². The van der Waals surface area contributed by atoms with Crippen LogP contribution in [0.3, 0.4) is 0 Å². The van der Waals surface area contributed by atoms with Crippen molar-refractivity contribution in [2.75, 3.05) is 0 Å². The highest BCUT2D eigenvalue weighted by molar-refractivity contribution is 5.79. The van der Waals surface area contributed by atoms with Crippen molar-refractivity contribution in [3.8, 4) is 0 Å². The number of rotatable bonds is 2. The van der Waals surface area contributed by atoms with E-state index in [1.54, 1.807) is 0 Å². The maximum Gasteiger partial charge on any atom is 0.310 e. The molecule has 3 N–H and O–H groups in total. The fraction of sp³-hybridized carbons (Fsp3) is 0.900. The number of hydrogen-bond donors (Lipinski definition) is 1. The minimum absolute atomic E-state index is 0. The van der Waals surface area contributed by atoms with Gasteiger partial charge in [-0.05, 0) is 90.9 Å². The summed E-state index contributed by atoms with van der Waals surface area (Å²) in [6.45, 7) is 11.5. The molecule has 25 heavy (non-hydrogen) atoms. The molecule has 0 saturated heterocycles. The van der Waals surface area contributed by atoms with Crippen molar-refractivity contribution in [3.63, 3.8) is 0 Å². The highest BCUT2D eigenvalue weighted by Gasteiger charge is 2.59. The maximum absolute atomic E-state index is 12.8. The van der Waals surface area contributed by atoms with Gasteiger partial charge in [0.1, 0.15) is 11.2 Å². The van der Waals surface area contributed by atoms with Crippen LogP contribution in [0.4, 0.5) is 0 Å². The first-order valence-corrected chi connectivity index (χ1v) is 9.40. The quantitative estimate of drug-likeness (QED) is 0.754. The van der Waals surface area contributed by atoms with Gasteiger partial charge in [-0.1, -0.05) is 0 Å². The fourth-order valence-electron chi connectivity index (χ4n) is 5.39. The van der Waals surface area contributed by atoms with Crippen LogP contribution in [0.5, 0.6) is 0 Å². The summed E-state index contributed by atoms with van der Waals surface area (Å²) in [4.78, 5) is 25.7. The van der Waals surface area contributed by atoms with E-state index in [1.165, 1.54) is 0 Å². The maximum atomic E-state index is 12.8. The summed E-state index contributed by atoms with van der Waals surface area (Å²) >= 11 is 0. The summed E-state index contributed by atoms with van der Waals surface area (Å²) in [6.07, 6.45) is 4.19. The molecular formula is C20H35NO4. The van der Waals surface area contributed by atoms with Gasteiger partial charge in [0.2, 0.25) is 0 Å². The molecule has 0 spiro atoms. The Hall–Kier alpha value is -1.10. The molecule has 4 rings (SSSR count). The standard InChI is InChI=1S/C20H32O4.H3N/c1-19(2,3)23-17(21)15-12-7-11-8-13(10-12)16(14(15)9-11)18(22)24-20(4,5)6;/h11-16H,7-10H2,1-6H3;1H3. The van der Waals surface area contributed by atoms with Crippen molar-refractivity contribution in [2.24, 2.45) is 35.5 Å². The largest absolute Gasteiger partial charge is 0.460 e. The lowest BCUT2D eigenvalue weighted by atomic mass is 9.48. The monoisotopic (exact) mass is 353 g/mol. The van der Waals surface area contributed by atoms with E-state index in [0.717, 1.165) is 25.7 Å². The Bertz CT molecular complexity index is 487. The highest BCUT2D eigenvalue weighted by Crippen LogP contribution is 2.60. The molecule has 4 aliphatic rings. The van der Waals surface area contributed by atoms with Crippen LogP contribution >= 0.6 is 0 Å². The highest BCUT2D eigenvalue weighted by atomic mass is 16.6. The Kier molecular flexibility index (Phi) is 5.31. The second-order valence-electron chi connectivity index (χ2n) is 10.1. The van der Waals surface area contributed by atoms with Crippen LogP contribution in [-0.4, -0.2) is 23.1 Å². The third-order valence-corrected chi connectivity index (χ3v) is 5.78. The van der Waals surface area contributed by atoms with Crippen molar-refractivity contribution in [2.45, 2.75) is 78.4 Å². The molecule has 4 atom stereocenters. The van der Waals surface area contributed by atoms with Crippen molar-refractivity contribution in [1.29, 1.82) is 0 Å². The van der Waals surface area contributed by atoms with Crippen LogP contribution in [0.15, 0.2) is 0 Å². The van der Waals surface area contributed by atoms with Crippen LogP contribution < -0.4 is 6.15 Å². The van der Waals surface area contributed by atoms with Crippen molar-refractivity contribution < 1.29 is 19.1 Å². The third kappa shape index (κ3) is 4.18. The van der Waals surface area contributed by atoms with E-state index in [1.807, 2.05) is 41.5 Å². The van der Waals surface area contributed by atoms with Crippen LogP contribution in [0.2, 0.25) is 0 Å². The summed E-state index contributed by atoms with van der Waals surface area (Å²) in [7, 11) is 0. The van der Waals surface area contributed by atoms with Crippen LogP contribution in [-0.2, 0) is 19.1 Å². The first-order valence-electron chi connectivity index (χ1n) is 9.40. The molecule has 144 valence electrons. The smallest absolute Gasteiger partial charge is 0.310 e. The predicted octanol–water partition coefficient (Wildman–Crippen LogP) is 4.13. The van der Waals surface area contributed by atoms with Crippen LogP contribution in [0.25, 0.3) is 0 Å². The SMILES string of the molecule is CC(C)(C)OC(=O)C1C2CC3CC(C2)C(C(=O)OC(C)(C)C)C1C3.N. The molecule has 4 aliphatic carbocycles. The van der Waals surface area contributed by atoms with Crippen molar-refractivity contribution in [3.05, 3.63) is 0 Å². The molecular weight excluding hydrogens is 318 g/mol. The molecule has 5 heteroatoms. The number of ether oxygens (including phenoxy) is 2. The summed E-state index contributed by atoms with van der Waals surface area (Å²) in [6, 6.07) is 0. The van der Waals surface area contributed by atoms with Gasteiger partial charge >= 0.3 is 11.9 Å².